The molecule has 0 saturated heterocycles. The van der Waals surface area contributed by atoms with Gasteiger partial charge in [0.15, 0.2) is 0 Å². The second-order valence-electron chi connectivity index (χ2n) is 24.5. The molecule has 12 N–H and O–H groups in total. The van der Waals surface area contributed by atoms with E-state index in [1.807, 2.05) is 0 Å². The Labute approximate surface area is 511 Å². The smallest absolute Gasteiger partial charge is 0.394 e. The lowest BCUT2D eigenvalue weighted by Gasteiger charge is -2.41. The van der Waals surface area contributed by atoms with Crippen molar-refractivity contribution >= 4 is 39.2 Å². The van der Waals surface area contributed by atoms with E-state index in [4.69, 9.17) is 13.3 Å². The van der Waals surface area contributed by atoms with Crippen molar-refractivity contribution in [1.29, 1.82) is 0 Å². The molecule has 0 radical (unpaired) electrons. The van der Waals surface area contributed by atoms with E-state index < -0.39 is 152 Å². The van der Waals surface area contributed by atoms with Crippen LogP contribution in [0.4, 0.5) is 0 Å². The van der Waals surface area contributed by atoms with E-state index >= 15 is 0 Å². The van der Waals surface area contributed by atoms with Crippen molar-refractivity contribution in [3.05, 3.63) is 0 Å². The minimum absolute atomic E-state index is 0.0351. The lowest BCUT2D eigenvalue weighted by molar-refractivity contribution is -0.910. The van der Waals surface area contributed by atoms with Crippen molar-refractivity contribution in [2.24, 2.45) is 0 Å². The van der Waals surface area contributed by atoms with Gasteiger partial charge in [0.1, 0.15) is 0 Å². The molecule has 0 bridgehead atoms. The average molecular weight is 1290 g/mol. The van der Waals surface area contributed by atoms with Crippen LogP contribution in [0.3, 0.4) is 0 Å². The molecule has 0 aliphatic heterocycles. The van der Waals surface area contributed by atoms with Crippen molar-refractivity contribution in [2.45, 2.75) is 248 Å². The van der Waals surface area contributed by atoms with Gasteiger partial charge in [-0.2, -0.15) is 25.3 Å². The molecule has 0 rings (SSSR count). The first-order valence-corrected chi connectivity index (χ1v) is 39.2. The highest BCUT2D eigenvalue weighted by Crippen LogP contribution is 2.27. The fourth-order valence-corrected chi connectivity index (χ4v) is 14.3. The molecule has 0 aliphatic rings. The van der Waals surface area contributed by atoms with E-state index in [1.54, 1.807) is 0 Å². The zero-order valence-corrected chi connectivity index (χ0v) is 56.1. The predicted octanol–water partition coefficient (Wildman–Crippen LogP) is 6.94. The molecule has 84 heavy (non-hydrogen) atoms. The van der Waals surface area contributed by atoms with Gasteiger partial charge < -0.3 is 64.4 Å². The molecule has 0 heterocycles. The van der Waals surface area contributed by atoms with Gasteiger partial charge in [0.2, 0.25) is 0 Å². The molecule has 0 saturated carbocycles. The van der Waals surface area contributed by atoms with Gasteiger partial charge in [0.05, 0.1) is 120 Å². The third kappa shape index (κ3) is 44.8. The molecule has 0 aliphatic carbocycles. The Morgan fingerprint density at radius 1 is 0.345 bits per heavy atom. The number of rotatable bonds is 65. The molecule has 26 heteroatoms. The van der Waals surface area contributed by atoms with Gasteiger partial charge in [0.25, 0.3) is 30.4 Å². The predicted molar refractivity (Wildman–Crippen MR) is 337 cm³/mol. The number of hydrogen-bond donors (Lipinski definition) is 12. The fourth-order valence-electron chi connectivity index (χ4n) is 10.4. The Morgan fingerprint density at radius 3 is 0.750 bits per heavy atom. The number of nitrogens with zero attached hydrogens (tertiary/aromatic N) is 1. The maximum Gasteiger partial charge on any atom is 0.501 e. The number of aliphatic hydroxyl groups excluding tert-OH is 6. The van der Waals surface area contributed by atoms with Gasteiger partial charge in [-0.1, -0.05) is 194 Å². The highest BCUT2D eigenvalue weighted by molar-refractivity contribution is 7.86. The van der Waals surface area contributed by atoms with Crippen LogP contribution in [0.1, 0.15) is 226 Å². The van der Waals surface area contributed by atoms with Crippen LogP contribution < -0.4 is 16.0 Å². The summed E-state index contributed by atoms with van der Waals surface area (Å²) >= 11 is 0. The van der Waals surface area contributed by atoms with Gasteiger partial charge >= 0.3 is 8.80 Å². The number of aliphatic hydroxyl groups is 6. The maximum atomic E-state index is 11.7. The summed E-state index contributed by atoms with van der Waals surface area (Å²) in [7, 11) is -15.8. The van der Waals surface area contributed by atoms with Crippen LogP contribution >= 0.6 is 0 Å². The number of quaternary nitrogens is 1. The summed E-state index contributed by atoms with van der Waals surface area (Å²) in [5, 5.41) is 72.3. The summed E-state index contributed by atoms with van der Waals surface area (Å²) in [6.45, 7) is -1.44. The maximum absolute atomic E-state index is 11.7. The van der Waals surface area contributed by atoms with Crippen LogP contribution in [0.25, 0.3) is 0 Å². The molecule has 0 amide bonds. The molecule has 506 valence electrons. The standard InChI is InChI=1S/C58H124N4O18S3Si/c1-4-6-8-10-12-14-16-18-20-22-24-26-28-30-32-34-40-62(3,41-35-33-31-29-27-25-23-21-19-17-15-13-11-9-7-5-2)42-36-46-84(78-53-56(47-63,48-64)59-37-43-81(69,70)71,79-54-57(49-65,50-66)60-38-44-82(72,73)74)80-55-58(51-67,52-68)61-39-45-83(75,76)77/h59-61,63-68H,4-55H2,1-3H3,(H2-,69,70,71,72,73,74,75,76,77)/p+1. The summed E-state index contributed by atoms with van der Waals surface area (Å²) in [6, 6.07) is -0.0351. The Kier molecular flexibility index (Phi) is 48.8. The molecule has 0 aromatic rings. The zero-order valence-electron chi connectivity index (χ0n) is 52.6. The van der Waals surface area contributed by atoms with E-state index in [0.717, 1.165) is 51.6 Å². The lowest BCUT2D eigenvalue weighted by Crippen LogP contribution is -2.64. The largest absolute Gasteiger partial charge is 0.501 e. The van der Waals surface area contributed by atoms with Crippen molar-refractivity contribution in [2.75, 3.05) is 123 Å². The SMILES string of the molecule is CCCCCCCCCCCCCCCCCC[N+](C)(CCCCCCCCCCCCCCCCCC)CCC[Si](OCC(CO)(CO)NCCS(=O)(=O)O)(OCC(CO)(CO)NCCS(=O)(=O)O)OCC(CO)(CO)NCCS(=O)(=O)O. The highest BCUT2D eigenvalue weighted by atomic mass is 32.2. The third-order valence-electron chi connectivity index (χ3n) is 16.4. The van der Waals surface area contributed by atoms with E-state index in [0.29, 0.717) is 17.4 Å². The van der Waals surface area contributed by atoms with E-state index in [9.17, 15) is 69.6 Å². The quantitative estimate of drug-likeness (QED) is 0.0127. The van der Waals surface area contributed by atoms with Crippen molar-refractivity contribution in [1.82, 2.24) is 16.0 Å². The monoisotopic (exact) mass is 1290 g/mol. The number of hydrogen-bond acceptors (Lipinski definition) is 18. The summed E-state index contributed by atoms with van der Waals surface area (Å²) in [5.74, 6) is -2.39. The Morgan fingerprint density at radius 2 is 0.548 bits per heavy atom. The molecular weight excluding hydrogens is 1160 g/mol. The van der Waals surface area contributed by atoms with Crippen LogP contribution in [0.15, 0.2) is 0 Å². The van der Waals surface area contributed by atoms with Gasteiger partial charge in [-0.3, -0.25) is 13.7 Å². The zero-order chi connectivity index (χ0) is 63.0. The Balaban J connectivity index is 6.71. The van der Waals surface area contributed by atoms with Crippen LogP contribution in [-0.2, 0) is 43.6 Å². The van der Waals surface area contributed by atoms with Gasteiger partial charge in [-0.15, -0.1) is 0 Å². The lowest BCUT2D eigenvalue weighted by atomic mass is 10.0. The summed E-state index contributed by atoms with van der Waals surface area (Å²) in [6.07, 6.45) is 40.4. The first-order valence-electron chi connectivity index (χ1n) is 32.4. The molecule has 0 fully saturated rings. The fraction of sp³-hybridized carbons (Fsp3) is 1.00. The van der Waals surface area contributed by atoms with Crippen molar-refractivity contribution in [3.8, 4) is 0 Å². The Hall–Kier alpha value is -0.573. The molecule has 22 nitrogen and oxygen atoms in total. The molecular formula is C58H125N4O18S3Si+. The number of unbranched alkanes of at least 4 members (excludes halogenated alkanes) is 30. The second-order valence-corrected chi connectivity index (χ2v) is 31.9. The van der Waals surface area contributed by atoms with Crippen molar-refractivity contribution < 1.29 is 87.3 Å². The first kappa shape index (κ1) is 83.4. The minimum atomic E-state index is -4.50. The van der Waals surface area contributed by atoms with E-state index in [1.165, 1.54) is 167 Å². The summed E-state index contributed by atoms with van der Waals surface area (Å²) < 4.78 is 119. The molecule has 0 aromatic carbocycles. The molecule has 0 atom stereocenters. The van der Waals surface area contributed by atoms with Gasteiger partial charge in [-0.05, 0) is 25.7 Å². The first-order chi connectivity index (χ1) is 39.9. The van der Waals surface area contributed by atoms with Crippen LogP contribution in [-0.4, -0.2) is 222 Å². The molecule has 0 spiro atoms. The van der Waals surface area contributed by atoms with Crippen LogP contribution in [0.2, 0.25) is 6.04 Å². The second kappa shape index (κ2) is 49.2. The summed E-state index contributed by atoms with van der Waals surface area (Å²) in [5.41, 5.74) is -5.38. The normalized spacial score (nSPS) is 13.4. The van der Waals surface area contributed by atoms with Crippen LogP contribution in [0, 0.1) is 0 Å². The van der Waals surface area contributed by atoms with E-state index in [-0.39, 0.29) is 6.04 Å². The third-order valence-corrected chi connectivity index (χ3v) is 21.3. The minimum Gasteiger partial charge on any atom is -0.394 e. The Bertz CT molecular complexity index is 1710. The van der Waals surface area contributed by atoms with Gasteiger partial charge in [0, 0.05) is 32.1 Å². The van der Waals surface area contributed by atoms with Gasteiger partial charge in [-0.25, -0.2) is 0 Å². The number of nitrogens with one attached hydrogen (secondary N) is 3. The molecule has 0 aromatic heterocycles. The van der Waals surface area contributed by atoms with E-state index in [2.05, 4.69) is 36.8 Å². The van der Waals surface area contributed by atoms with Crippen LogP contribution in [0.5, 0.6) is 0 Å². The summed E-state index contributed by atoms with van der Waals surface area (Å²) in [4.78, 5) is 0. The molecule has 0 unspecified atom stereocenters. The van der Waals surface area contributed by atoms with Crippen molar-refractivity contribution in [3.63, 3.8) is 0 Å². The highest BCUT2D eigenvalue weighted by Gasteiger charge is 2.49. The topological polar surface area (TPSA) is 348 Å². The average Bonchev–Trinajstić information content (AvgIpc) is 3.58.